The number of rotatable bonds is 7. The first kappa shape index (κ1) is 13.7. The number of aromatic nitrogens is 2. The molecule has 0 aliphatic carbocycles. The van der Waals surface area contributed by atoms with Gasteiger partial charge in [-0.3, -0.25) is 0 Å². The van der Waals surface area contributed by atoms with Crippen molar-refractivity contribution in [3.63, 3.8) is 0 Å². The van der Waals surface area contributed by atoms with Gasteiger partial charge in [0, 0.05) is 6.04 Å². The molecular formula is C13H23N3O. The molecule has 0 bridgehead atoms. The Morgan fingerprint density at radius 2 is 2.12 bits per heavy atom. The summed E-state index contributed by atoms with van der Waals surface area (Å²) in [7, 11) is 1.63. The largest absolute Gasteiger partial charge is 0.481 e. The lowest BCUT2D eigenvalue weighted by Crippen LogP contribution is -2.17. The summed E-state index contributed by atoms with van der Waals surface area (Å²) >= 11 is 0. The number of nitrogens with zero attached hydrogens (tertiary/aromatic N) is 2. The molecule has 4 nitrogen and oxygen atoms in total. The second kappa shape index (κ2) is 7.09. The first-order valence-corrected chi connectivity index (χ1v) is 6.31. The molecule has 1 unspecified atom stereocenters. The summed E-state index contributed by atoms with van der Waals surface area (Å²) in [6.45, 7) is 6.38. The van der Waals surface area contributed by atoms with Gasteiger partial charge < -0.3 is 10.1 Å². The molecule has 1 atom stereocenters. The third kappa shape index (κ3) is 4.21. The molecule has 1 aromatic rings. The van der Waals surface area contributed by atoms with Gasteiger partial charge in [0.2, 0.25) is 5.88 Å². The van der Waals surface area contributed by atoms with Gasteiger partial charge in [-0.25, -0.2) is 9.97 Å². The first-order valence-electron chi connectivity index (χ1n) is 6.31. The molecule has 1 N–H and O–H groups in total. The van der Waals surface area contributed by atoms with Gasteiger partial charge in [-0.2, -0.15) is 0 Å². The summed E-state index contributed by atoms with van der Waals surface area (Å²) in [5.41, 5.74) is 0.970. The molecule has 0 aliphatic heterocycles. The van der Waals surface area contributed by atoms with Crippen LogP contribution in [0.2, 0.25) is 0 Å². The quantitative estimate of drug-likeness (QED) is 0.740. The highest BCUT2D eigenvalue weighted by molar-refractivity contribution is 5.48. The number of anilines is 1. The highest BCUT2D eigenvalue weighted by Crippen LogP contribution is 2.21. The Morgan fingerprint density at radius 3 is 2.76 bits per heavy atom. The topological polar surface area (TPSA) is 47.0 Å². The fourth-order valence-corrected chi connectivity index (χ4v) is 1.79. The van der Waals surface area contributed by atoms with E-state index in [-0.39, 0.29) is 0 Å². The average Bonchev–Trinajstić information content (AvgIpc) is 2.32. The van der Waals surface area contributed by atoms with Gasteiger partial charge in [0.05, 0.1) is 12.7 Å². The normalized spacial score (nSPS) is 12.2. The van der Waals surface area contributed by atoms with E-state index in [1.54, 1.807) is 7.11 Å². The molecule has 1 heterocycles. The Hall–Kier alpha value is -1.32. The summed E-state index contributed by atoms with van der Waals surface area (Å²) in [4.78, 5) is 8.32. The Balaban J connectivity index is 2.55. The number of unbranched alkanes of at least 4 members (excludes halogenated alkanes) is 2. The second-order valence-corrected chi connectivity index (χ2v) is 4.40. The van der Waals surface area contributed by atoms with E-state index in [0.717, 1.165) is 11.4 Å². The van der Waals surface area contributed by atoms with Crippen LogP contribution in [-0.4, -0.2) is 23.1 Å². The molecule has 0 aliphatic rings. The van der Waals surface area contributed by atoms with Crippen LogP contribution >= 0.6 is 0 Å². The fraction of sp³-hybridized carbons (Fsp3) is 0.692. The van der Waals surface area contributed by atoms with Crippen molar-refractivity contribution in [2.45, 2.75) is 52.5 Å². The van der Waals surface area contributed by atoms with Crippen molar-refractivity contribution >= 4 is 5.82 Å². The zero-order valence-corrected chi connectivity index (χ0v) is 11.3. The van der Waals surface area contributed by atoms with Crippen molar-refractivity contribution in [2.75, 3.05) is 12.4 Å². The molecule has 4 heteroatoms. The molecule has 0 amide bonds. The van der Waals surface area contributed by atoms with E-state index < -0.39 is 0 Å². The van der Waals surface area contributed by atoms with Gasteiger partial charge in [-0.05, 0) is 20.3 Å². The Morgan fingerprint density at radius 1 is 1.35 bits per heavy atom. The van der Waals surface area contributed by atoms with Crippen molar-refractivity contribution in [2.24, 2.45) is 0 Å². The molecular weight excluding hydrogens is 214 g/mol. The minimum Gasteiger partial charge on any atom is -0.481 e. The zero-order valence-electron chi connectivity index (χ0n) is 11.3. The Kier molecular flexibility index (Phi) is 5.73. The van der Waals surface area contributed by atoms with E-state index in [2.05, 4.69) is 29.1 Å². The van der Waals surface area contributed by atoms with Crippen LogP contribution in [-0.2, 0) is 0 Å². The summed E-state index contributed by atoms with van der Waals surface area (Å²) in [5.74, 6) is 1.52. The summed E-state index contributed by atoms with van der Waals surface area (Å²) in [5, 5.41) is 3.41. The SMILES string of the molecule is CCCCCC(C)Nc1ncnc(OC)c1C. The number of hydrogen-bond donors (Lipinski definition) is 1. The highest BCUT2D eigenvalue weighted by atomic mass is 16.5. The van der Waals surface area contributed by atoms with Crippen LogP contribution < -0.4 is 10.1 Å². The van der Waals surface area contributed by atoms with Gasteiger partial charge in [0.25, 0.3) is 0 Å². The first-order chi connectivity index (χ1) is 8.19. The number of methoxy groups -OCH3 is 1. The van der Waals surface area contributed by atoms with E-state index in [0.29, 0.717) is 11.9 Å². The molecule has 0 saturated carbocycles. The van der Waals surface area contributed by atoms with Crippen LogP contribution in [0.15, 0.2) is 6.33 Å². The van der Waals surface area contributed by atoms with E-state index in [1.807, 2.05) is 6.92 Å². The van der Waals surface area contributed by atoms with Gasteiger partial charge in [0.1, 0.15) is 12.1 Å². The van der Waals surface area contributed by atoms with E-state index >= 15 is 0 Å². The standard InChI is InChI=1S/C13H23N3O/c1-5-6-7-8-10(2)16-12-11(3)13(17-4)15-9-14-12/h9-10H,5-8H2,1-4H3,(H,14,15,16). The molecule has 0 radical (unpaired) electrons. The van der Waals surface area contributed by atoms with Crippen molar-refractivity contribution in [3.05, 3.63) is 11.9 Å². The van der Waals surface area contributed by atoms with Gasteiger partial charge in [-0.15, -0.1) is 0 Å². The van der Waals surface area contributed by atoms with E-state index in [9.17, 15) is 0 Å². The van der Waals surface area contributed by atoms with Crippen LogP contribution in [0.1, 0.15) is 45.1 Å². The van der Waals surface area contributed by atoms with Crippen LogP contribution in [0.5, 0.6) is 5.88 Å². The maximum absolute atomic E-state index is 5.17. The highest BCUT2D eigenvalue weighted by Gasteiger charge is 2.09. The molecule has 96 valence electrons. The zero-order chi connectivity index (χ0) is 12.7. The third-order valence-electron chi connectivity index (χ3n) is 2.85. The maximum atomic E-state index is 5.17. The van der Waals surface area contributed by atoms with Gasteiger partial charge >= 0.3 is 0 Å². The minimum atomic E-state index is 0.430. The van der Waals surface area contributed by atoms with Crippen LogP contribution in [0, 0.1) is 6.92 Å². The van der Waals surface area contributed by atoms with Crippen LogP contribution in [0.3, 0.4) is 0 Å². The summed E-state index contributed by atoms with van der Waals surface area (Å²) in [6.07, 6.45) is 6.50. The summed E-state index contributed by atoms with van der Waals surface area (Å²) in [6, 6.07) is 0.430. The number of hydrogen-bond acceptors (Lipinski definition) is 4. The predicted molar refractivity (Wildman–Crippen MR) is 70.5 cm³/mol. The van der Waals surface area contributed by atoms with E-state index in [1.165, 1.54) is 32.0 Å². The molecule has 17 heavy (non-hydrogen) atoms. The maximum Gasteiger partial charge on any atom is 0.221 e. The monoisotopic (exact) mass is 237 g/mol. The van der Waals surface area contributed by atoms with E-state index in [4.69, 9.17) is 4.74 Å². The van der Waals surface area contributed by atoms with Crippen molar-refractivity contribution in [1.29, 1.82) is 0 Å². The fourth-order valence-electron chi connectivity index (χ4n) is 1.79. The minimum absolute atomic E-state index is 0.430. The van der Waals surface area contributed by atoms with Gasteiger partial charge in [-0.1, -0.05) is 26.2 Å². The smallest absolute Gasteiger partial charge is 0.221 e. The summed E-state index contributed by atoms with van der Waals surface area (Å²) < 4.78 is 5.17. The van der Waals surface area contributed by atoms with Gasteiger partial charge in [0.15, 0.2) is 0 Å². The number of ether oxygens (including phenoxy) is 1. The van der Waals surface area contributed by atoms with Crippen molar-refractivity contribution < 1.29 is 4.74 Å². The third-order valence-corrected chi connectivity index (χ3v) is 2.85. The molecule has 0 aromatic carbocycles. The number of nitrogens with one attached hydrogen (secondary N) is 1. The molecule has 0 spiro atoms. The average molecular weight is 237 g/mol. The lowest BCUT2D eigenvalue weighted by atomic mass is 10.1. The molecule has 1 aromatic heterocycles. The lowest BCUT2D eigenvalue weighted by Gasteiger charge is -2.16. The molecule has 1 rings (SSSR count). The Labute approximate surface area is 104 Å². The molecule has 0 saturated heterocycles. The predicted octanol–water partition coefficient (Wildman–Crippen LogP) is 3.17. The van der Waals surface area contributed by atoms with Crippen LogP contribution in [0.25, 0.3) is 0 Å². The van der Waals surface area contributed by atoms with Crippen molar-refractivity contribution in [3.8, 4) is 5.88 Å². The van der Waals surface area contributed by atoms with Crippen LogP contribution in [0.4, 0.5) is 5.82 Å². The molecule has 0 fully saturated rings. The Bertz CT molecular complexity index is 341. The van der Waals surface area contributed by atoms with Crippen molar-refractivity contribution in [1.82, 2.24) is 9.97 Å². The lowest BCUT2D eigenvalue weighted by molar-refractivity contribution is 0.393. The second-order valence-electron chi connectivity index (χ2n) is 4.40.